The van der Waals surface area contributed by atoms with E-state index in [4.69, 9.17) is 4.74 Å². The third kappa shape index (κ3) is 2.96. The molecule has 2 nitrogen and oxygen atoms in total. The Hall–Kier alpha value is -1.80. The lowest BCUT2D eigenvalue weighted by atomic mass is 9.78. The third-order valence-electron chi connectivity index (χ3n) is 3.64. The van der Waals surface area contributed by atoms with Gasteiger partial charge in [0, 0.05) is 19.0 Å². The van der Waals surface area contributed by atoms with Crippen molar-refractivity contribution >= 4 is 0 Å². The van der Waals surface area contributed by atoms with Crippen LogP contribution in [0, 0.1) is 0 Å². The van der Waals surface area contributed by atoms with Gasteiger partial charge in [-0.25, -0.2) is 0 Å². The number of rotatable bonds is 6. The molecule has 0 saturated carbocycles. The SMILES string of the molecule is c1ccc(OCCNCC2Cc3ccccc32)cc1. The maximum Gasteiger partial charge on any atom is 0.119 e. The first-order valence-corrected chi connectivity index (χ1v) is 6.90. The lowest BCUT2D eigenvalue weighted by Crippen LogP contribution is -2.31. The lowest BCUT2D eigenvalue weighted by molar-refractivity contribution is 0.311. The molecule has 0 bridgehead atoms. The Balaban J connectivity index is 1.35. The van der Waals surface area contributed by atoms with Gasteiger partial charge in [0.05, 0.1) is 0 Å². The fourth-order valence-corrected chi connectivity index (χ4v) is 2.58. The zero-order valence-electron chi connectivity index (χ0n) is 11.0. The molecular formula is C17H19NO. The monoisotopic (exact) mass is 253 g/mol. The predicted molar refractivity (Wildman–Crippen MR) is 77.7 cm³/mol. The molecular weight excluding hydrogens is 234 g/mol. The summed E-state index contributed by atoms with van der Waals surface area (Å²) >= 11 is 0. The Morgan fingerprint density at radius 3 is 2.63 bits per heavy atom. The maximum atomic E-state index is 5.65. The van der Waals surface area contributed by atoms with Crippen molar-refractivity contribution in [3.63, 3.8) is 0 Å². The predicted octanol–water partition coefficient (Wildman–Crippen LogP) is 2.99. The first kappa shape index (κ1) is 12.2. The Morgan fingerprint density at radius 2 is 1.79 bits per heavy atom. The van der Waals surface area contributed by atoms with Crippen LogP contribution < -0.4 is 10.1 Å². The van der Waals surface area contributed by atoms with Gasteiger partial charge in [-0.2, -0.15) is 0 Å². The van der Waals surface area contributed by atoms with Crippen molar-refractivity contribution in [2.24, 2.45) is 0 Å². The van der Waals surface area contributed by atoms with E-state index >= 15 is 0 Å². The van der Waals surface area contributed by atoms with Crippen LogP contribution >= 0.6 is 0 Å². The number of ether oxygens (including phenoxy) is 1. The minimum atomic E-state index is 0.688. The van der Waals surface area contributed by atoms with Crippen molar-refractivity contribution in [3.8, 4) is 5.75 Å². The van der Waals surface area contributed by atoms with Gasteiger partial charge in [0.1, 0.15) is 12.4 Å². The molecule has 19 heavy (non-hydrogen) atoms. The summed E-state index contributed by atoms with van der Waals surface area (Å²) in [7, 11) is 0. The number of fused-ring (bicyclic) bond motifs is 1. The van der Waals surface area contributed by atoms with E-state index in [-0.39, 0.29) is 0 Å². The van der Waals surface area contributed by atoms with Gasteiger partial charge in [-0.1, -0.05) is 42.5 Å². The average Bonchev–Trinajstić information content (AvgIpc) is 2.44. The number of nitrogens with one attached hydrogen (secondary N) is 1. The first-order chi connectivity index (χ1) is 9.43. The highest BCUT2D eigenvalue weighted by Crippen LogP contribution is 2.33. The molecule has 1 aliphatic rings. The van der Waals surface area contributed by atoms with Gasteiger partial charge in [-0.15, -0.1) is 0 Å². The van der Waals surface area contributed by atoms with E-state index in [1.54, 1.807) is 0 Å². The molecule has 3 rings (SSSR count). The Labute approximate surface area is 114 Å². The molecule has 1 unspecified atom stereocenters. The van der Waals surface area contributed by atoms with Crippen LogP contribution in [0.4, 0.5) is 0 Å². The molecule has 2 aromatic rings. The summed E-state index contributed by atoms with van der Waals surface area (Å²) in [5.74, 6) is 1.63. The molecule has 98 valence electrons. The molecule has 1 aliphatic carbocycles. The molecule has 0 fully saturated rings. The van der Waals surface area contributed by atoms with Crippen molar-refractivity contribution < 1.29 is 4.74 Å². The second-order valence-electron chi connectivity index (χ2n) is 4.97. The van der Waals surface area contributed by atoms with E-state index < -0.39 is 0 Å². The quantitative estimate of drug-likeness (QED) is 0.799. The van der Waals surface area contributed by atoms with E-state index in [2.05, 4.69) is 29.6 Å². The van der Waals surface area contributed by atoms with Crippen LogP contribution in [0.25, 0.3) is 0 Å². The summed E-state index contributed by atoms with van der Waals surface area (Å²) < 4.78 is 5.65. The van der Waals surface area contributed by atoms with Crippen molar-refractivity contribution in [1.29, 1.82) is 0 Å². The number of para-hydroxylation sites is 1. The fraction of sp³-hybridized carbons (Fsp3) is 0.294. The van der Waals surface area contributed by atoms with Crippen LogP contribution in [-0.2, 0) is 6.42 Å². The molecule has 0 heterocycles. The summed E-state index contributed by atoms with van der Waals surface area (Å²) in [6.45, 7) is 2.67. The summed E-state index contributed by atoms with van der Waals surface area (Å²) in [5, 5.41) is 3.47. The van der Waals surface area contributed by atoms with Crippen molar-refractivity contribution in [1.82, 2.24) is 5.32 Å². The van der Waals surface area contributed by atoms with Gasteiger partial charge in [0.25, 0.3) is 0 Å². The molecule has 0 aromatic heterocycles. The zero-order valence-corrected chi connectivity index (χ0v) is 11.0. The van der Waals surface area contributed by atoms with Crippen molar-refractivity contribution in [3.05, 3.63) is 65.7 Å². The summed E-state index contributed by atoms with van der Waals surface area (Å²) in [6.07, 6.45) is 1.21. The van der Waals surface area contributed by atoms with Gasteiger partial charge >= 0.3 is 0 Å². The number of hydrogen-bond acceptors (Lipinski definition) is 2. The molecule has 0 spiro atoms. The van der Waals surface area contributed by atoms with Crippen molar-refractivity contribution in [2.75, 3.05) is 19.7 Å². The lowest BCUT2D eigenvalue weighted by Gasteiger charge is -2.30. The Bertz CT molecular complexity index is 524. The maximum absolute atomic E-state index is 5.65. The van der Waals surface area contributed by atoms with Gasteiger partial charge in [0.15, 0.2) is 0 Å². The third-order valence-corrected chi connectivity index (χ3v) is 3.64. The molecule has 0 saturated heterocycles. The van der Waals surface area contributed by atoms with E-state index in [0.717, 1.165) is 25.4 Å². The van der Waals surface area contributed by atoms with Crippen LogP contribution in [0.3, 0.4) is 0 Å². The minimum Gasteiger partial charge on any atom is -0.492 e. The molecule has 2 aromatic carbocycles. The molecule has 2 heteroatoms. The number of hydrogen-bond donors (Lipinski definition) is 1. The second-order valence-corrected chi connectivity index (χ2v) is 4.97. The van der Waals surface area contributed by atoms with E-state index in [0.29, 0.717) is 5.92 Å². The molecule has 0 amide bonds. The van der Waals surface area contributed by atoms with E-state index in [9.17, 15) is 0 Å². The average molecular weight is 253 g/mol. The molecule has 1 N–H and O–H groups in total. The first-order valence-electron chi connectivity index (χ1n) is 6.90. The molecule has 0 radical (unpaired) electrons. The molecule has 0 aliphatic heterocycles. The minimum absolute atomic E-state index is 0.688. The summed E-state index contributed by atoms with van der Waals surface area (Å²) in [6, 6.07) is 18.7. The highest BCUT2D eigenvalue weighted by Gasteiger charge is 2.24. The van der Waals surface area contributed by atoms with Crippen LogP contribution in [0.5, 0.6) is 5.75 Å². The van der Waals surface area contributed by atoms with E-state index in [1.165, 1.54) is 17.5 Å². The number of benzene rings is 2. The smallest absolute Gasteiger partial charge is 0.119 e. The standard InChI is InChI=1S/C17H19NO/c1-2-7-16(8-3-1)19-11-10-18-13-15-12-14-6-4-5-9-17(14)15/h1-9,15,18H,10-13H2. The highest BCUT2D eigenvalue weighted by atomic mass is 16.5. The topological polar surface area (TPSA) is 21.3 Å². The normalized spacial score (nSPS) is 16.5. The van der Waals surface area contributed by atoms with Gasteiger partial charge < -0.3 is 10.1 Å². The summed E-state index contributed by atoms with van der Waals surface area (Å²) in [5.41, 5.74) is 3.02. The van der Waals surface area contributed by atoms with Gasteiger partial charge in [-0.05, 0) is 29.7 Å². The van der Waals surface area contributed by atoms with Crippen LogP contribution in [0.1, 0.15) is 17.0 Å². The summed E-state index contributed by atoms with van der Waals surface area (Å²) in [4.78, 5) is 0. The van der Waals surface area contributed by atoms with Gasteiger partial charge in [-0.3, -0.25) is 0 Å². The van der Waals surface area contributed by atoms with Crippen LogP contribution in [-0.4, -0.2) is 19.7 Å². The van der Waals surface area contributed by atoms with Crippen molar-refractivity contribution in [2.45, 2.75) is 12.3 Å². The largest absolute Gasteiger partial charge is 0.492 e. The Kier molecular flexibility index (Phi) is 3.80. The highest BCUT2D eigenvalue weighted by molar-refractivity contribution is 5.40. The van der Waals surface area contributed by atoms with Crippen LogP contribution in [0.2, 0.25) is 0 Å². The fourth-order valence-electron chi connectivity index (χ4n) is 2.58. The van der Waals surface area contributed by atoms with Gasteiger partial charge in [0.2, 0.25) is 0 Å². The van der Waals surface area contributed by atoms with Crippen LogP contribution in [0.15, 0.2) is 54.6 Å². The van der Waals surface area contributed by atoms with E-state index in [1.807, 2.05) is 30.3 Å². The second kappa shape index (κ2) is 5.89. The Morgan fingerprint density at radius 1 is 1.00 bits per heavy atom. The molecule has 1 atom stereocenters. The zero-order chi connectivity index (χ0) is 12.9.